The molecule has 0 aromatic carbocycles. The predicted molar refractivity (Wildman–Crippen MR) is 74.4 cm³/mol. The number of nitrogens with one attached hydrogen (secondary N) is 1. The summed E-state index contributed by atoms with van der Waals surface area (Å²) in [5.41, 5.74) is 0. The van der Waals surface area contributed by atoms with Crippen molar-refractivity contribution in [3.63, 3.8) is 0 Å². The molecule has 0 radical (unpaired) electrons. The third-order valence-corrected chi connectivity index (χ3v) is 4.56. The van der Waals surface area contributed by atoms with Gasteiger partial charge in [-0.1, -0.05) is 39.0 Å². The van der Waals surface area contributed by atoms with E-state index in [2.05, 4.69) is 17.1 Å². The molecule has 1 aliphatic carbocycles. The van der Waals surface area contributed by atoms with E-state index in [1.54, 1.807) is 0 Å². The van der Waals surface area contributed by atoms with Crippen LogP contribution >= 0.6 is 0 Å². The van der Waals surface area contributed by atoms with Crippen molar-refractivity contribution in [3.8, 4) is 0 Å². The first-order valence-electron chi connectivity index (χ1n) is 7.89. The smallest absolute Gasteiger partial charge is 0.0249 e. The van der Waals surface area contributed by atoms with Gasteiger partial charge in [0, 0.05) is 12.1 Å². The summed E-state index contributed by atoms with van der Waals surface area (Å²) in [5, 5.41) is 3.75. The maximum Gasteiger partial charge on any atom is 0.0249 e. The van der Waals surface area contributed by atoms with Crippen LogP contribution in [0, 0.1) is 0 Å². The topological polar surface area (TPSA) is 15.3 Å². The summed E-state index contributed by atoms with van der Waals surface area (Å²) < 4.78 is 0. The molecule has 2 heteroatoms. The highest BCUT2D eigenvalue weighted by molar-refractivity contribution is 4.87. The normalized spacial score (nSPS) is 33.0. The second-order valence-electron chi connectivity index (χ2n) is 5.82. The molecule has 0 amide bonds. The average Bonchev–Trinajstić information content (AvgIpc) is 2.71. The summed E-state index contributed by atoms with van der Waals surface area (Å²) in [6.45, 7) is 6.10. The molecule has 0 bridgehead atoms. The van der Waals surface area contributed by atoms with Crippen LogP contribution in [-0.4, -0.2) is 36.6 Å². The molecule has 1 saturated heterocycles. The lowest BCUT2D eigenvalue weighted by molar-refractivity contribution is 0.154. The van der Waals surface area contributed by atoms with E-state index in [-0.39, 0.29) is 0 Å². The molecule has 1 N–H and O–H groups in total. The first kappa shape index (κ1) is 13.4. The Bertz CT molecular complexity index is 197. The van der Waals surface area contributed by atoms with Crippen molar-refractivity contribution >= 4 is 0 Å². The fourth-order valence-corrected chi connectivity index (χ4v) is 3.65. The molecule has 2 rings (SSSR count). The van der Waals surface area contributed by atoms with E-state index in [9.17, 15) is 0 Å². The second kappa shape index (κ2) is 7.38. The van der Waals surface area contributed by atoms with Crippen LogP contribution in [0.15, 0.2) is 0 Å². The van der Waals surface area contributed by atoms with Gasteiger partial charge < -0.3 is 5.32 Å². The molecule has 0 aromatic heterocycles. The first-order chi connectivity index (χ1) is 8.42. The lowest BCUT2D eigenvalue weighted by Crippen LogP contribution is -2.49. The fourth-order valence-electron chi connectivity index (χ4n) is 3.65. The molecule has 0 spiro atoms. The Labute approximate surface area is 107 Å². The monoisotopic (exact) mass is 238 g/mol. The van der Waals surface area contributed by atoms with E-state index in [1.165, 1.54) is 70.9 Å². The SMILES string of the molecule is CCNC1CCCCCC1N1CCCCCC1. The maximum atomic E-state index is 3.75. The zero-order valence-electron chi connectivity index (χ0n) is 11.6. The number of likely N-dealkylation sites (N-methyl/N-ethyl adjacent to an activating group) is 1. The molecule has 17 heavy (non-hydrogen) atoms. The van der Waals surface area contributed by atoms with Gasteiger partial charge >= 0.3 is 0 Å². The molecule has 2 unspecified atom stereocenters. The molecular weight excluding hydrogens is 208 g/mol. The Morgan fingerprint density at radius 2 is 1.53 bits per heavy atom. The zero-order chi connectivity index (χ0) is 11.9. The summed E-state index contributed by atoms with van der Waals surface area (Å²) in [4.78, 5) is 2.81. The van der Waals surface area contributed by atoms with Gasteiger partial charge in [-0.25, -0.2) is 0 Å². The number of rotatable bonds is 3. The minimum atomic E-state index is 0.764. The minimum absolute atomic E-state index is 0.764. The Hall–Kier alpha value is -0.0800. The fraction of sp³-hybridized carbons (Fsp3) is 1.00. The van der Waals surface area contributed by atoms with Crippen LogP contribution in [0.3, 0.4) is 0 Å². The maximum absolute atomic E-state index is 3.75. The summed E-state index contributed by atoms with van der Waals surface area (Å²) >= 11 is 0. The van der Waals surface area contributed by atoms with Gasteiger partial charge in [-0.3, -0.25) is 4.90 Å². The highest BCUT2D eigenvalue weighted by Gasteiger charge is 2.28. The van der Waals surface area contributed by atoms with E-state index in [0.717, 1.165) is 18.6 Å². The number of likely N-dealkylation sites (tertiary alicyclic amines) is 1. The van der Waals surface area contributed by atoms with Crippen molar-refractivity contribution in [2.45, 2.75) is 76.8 Å². The van der Waals surface area contributed by atoms with Crippen LogP contribution in [0.5, 0.6) is 0 Å². The molecule has 2 aliphatic rings. The van der Waals surface area contributed by atoms with E-state index in [4.69, 9.17) is 0 Å². The summed E-state index contributed by atoms with van der Waals surface area (Å²) in [6, 6.07) is 1.59. The molecule has 2 nitrogen and oxygen atoms in total. The van der Waals surface area contributed by atoms with Crippen LogP contribution < -0.4 is 5.32 Å². The van der Waals surface area contributed by atoms with Crippen molar-refractivity contribution < 1.29 is 0 Å². The lowest BCUT2D eigenvalue weighted by atomic mass is 10.0. The van der Waals surface area contributed by atoms with Crippen LogP contribution in [0.4, 0.5) is 0 Å². The molecule has 1 aliphatic heterocycles. The third-order valence-electron chi connectivity index (χ3n) is 4.56. The molecule has 2 fully saturated rings. The predicted octanol–water partition coefficient (Wildman–Crippen LogP) is 3.17. The van der Waals surface area contributed by atoms with Crippen molar-refractivity contribution in [2.75, 3.05) is 19.6 Å². The van der Waals surface area contributed by atoms with Crippen molar-refractivity contribution in [3.05, 3.63) is 0 Å². The molecule has 100 valence electrons. The molecule has 1 saturated carbocycles. The summed E-state index contributed by atoms with van der Waals surface area (Å²) in [5.74, 6) is 0. The van der Waals surface area contributed by atoms with Gasteiger partial charge in [-0.2, -0.15) is 0 Å². The van der Waals surface area contributed by atoms with Gasteiger partial charge in [0.2, 0.25) is 0 Å². The first-order valence-corrected chi connectivity index (χ1v) is 7.89. The van der Waals surface area contributed by atoms with E-state index in [0.29, 0.717) is 0 Å². The van der Waals surface area contributed by atoms with Gasteiger partial charge in [-0.05, 0) is 45.3 Å². The number of nitrogens with zero attached hydrogens (tertiary/aromatic N) is 1. The van der Waals surface area contributed by atoms with E-state index >= 15 is 0 Å². The van der Waals surface area contributed by atoms with Crippen molar-refractivity contribution in [1.29, 1.82) is 0 Å². The third kappa shape index (κ3) is 3.96. The van der Waals surface area contributed by atoms with E-state index < -0.39 is 0 Å². The number of hydrogen-bond acceptors (Lipinski definition) is 2. The van der Waals surface area contributed by atoms with Crippen molar-refractivity contribution in [1.82, 2.24) is 10.2 Å². The summed E-state index contributed by atoms with van der Waals surface area (Å²) in [7, 11) is 0. The number of hydrogen-bond donors (Lipinski definition) is 1. The van der Waals surface area contributed by atoms with E-state index in [1.807, 2.05) is 0 Å². The van der Waals surface area contributed by atoms with Gasteiger partial charge in [0.05, 0.1) is 0 Å². The minimum Gasteiger partial charge on any atom is -0.313 e. The largest absolute Gasteiger partial charge is 0.313 e. The summed E-state index contributed by atoms with van der Waals surface area (Å²) in [6.07, 6.45) is 12.9. The standard InChI is InChI=1S/C15H30N2/c1-2-16-14-10-6-5-7-11-15(14)17-12-8-3-4-9-13-17/h14-16H,2-13H2,1H3. The highest BCUT2D eigenvalue weighted by atomic mass is 15.2. The Kier molecular flexibility index (Phi) is 5.79. The van der Waals surface area contributed by atoms with Gasteiger partial charge in [0.15, 0.2) is 0 Å². The van der Waals surface area contributed by atoms with Gasteiger partial charge in [-0.15, -0.1) is 0 Å². The van der Waals surface area contributed by atoms with Crippen LogP contribution in [0.2, 0.25) is 0 Å². The second-order valence-corrected chi connectivity index (χ2v) is 5.82. The Morgan fingerprint density at radius 1 is 0.882 bits per heavy atom. The molecule has 0 aromatic rings. The van der Waals surface area contributed by atoms with Gasteiger partial charge in [0.25, 0.3) is 0 Å². The molecule has 1 heterocycles. The zero-order valence-corrected chi connectivity index (χ0v) is 11.6. The van der Waals surface area contributed by atoms with Crippen LogP contribution in [0.25, 0.3) is 0 Å². The highest BCUT2D eigenvalue weighted by Crippen LogP contribution is 2.24. The van der Waals surface area contributed by atoms with Crippen LogP contribution in [-0.2, 0) is 0 Å². The Balaban J connectivity index is 1.96. The van der Waals surface area contributed by atoms with Crippen LogP contribution in [0.1, 0.15) is 64.7 Å². The average molecular weight is 238 g/mol. The quantitative estimate of drug-likeness (QED) is 0.760. The Morgan fingerprint density at radius 3 is 2.24 bits per heavy atom. The molecule has 2 atom stereocenters. The lowest BCUT2D eigenvalue weighted by Gasteiger charge is -2.36. The molecular formula is C15H30N2. The van der Waals surface area contributed by atoms with Gasteiger partial charge in [0.1, 0.15) is 0 Å². The van der Waals surface area contributed by atoms with Crippen molar-refractivity contribution in [2.24, 2.45) is 0 Å².